The molecule has 0 aliphatic carbocycles. The largest absolute Gasteiger partial charge is 0.398 e. The summed E-state index contributed by atoms with van der Waals surface area (Å²) in [6.07, 6.45) is 1.60. The Kier molecular flexibility index (Phi) is 2.55. The van der Waals surface area contributed by atoms with Gasteiger partial charge in [-0.3, -0.25) is 0 Å². The van der Waals surface area contributed by atoms with Crippen LogP contribution in [0.4, 0.5) is 5.69 Å². The monoisotopic (exact) mass is 238 g/mol. The Labute approximate surface area is 97.3 Å². The highest BCUT2D eigenvalue weighted by Gasteiger charge is 2.08. The minimum atomic E-state index is 0.345. The highest BCUT2D eigenvalue weighted by atomic mass is 35.5. The smallest absolute Gasteiger partial charge is 0.139 e. The third kappa shape index (κ3) is 1.66. The van der Waals surface area contributed by atoms with E-state index >= 15 is 0 Å². The minimum Gasteiger partial charge on any atom is -0.398 e. The number of aromatic nitrogens is 1. The van der Waals surface area contributed by atoms with E-state index in [1.165, 1.54) is 0 Å². The topological polar surface area (TPSA) is 38.9 Å². The number of nitrogens with zero attached hydrogens (tertiary/aromatic N) is 1. The average molecular weight is 239 g/mol. The first-order valence-electron chi connectivity index (χ1n) is 4.30. The Morgan fingerprint density at radius 2 is 2.07 bits per heavy atom. The van der Waals surface area contributed by atoms with Gasteiger partial charge in [0.2, 0.25) is 0 Å². The second-order valence-corrected chi connectivity index (χ2v) is 3.89. The number of hydrogen-bond donors (Lipinski definition) is 1. The van der Waals surface area contributed by atoms with Crippen molar-refractivity contribution in [3.8, 4) is 0 Å². The summed E-state index contributed by atoms with van der Waals surface area (Å²) in [5.74, 6) is 0. The van der Waals surface area contributed by atoms with E-state index in [1.54, 1.807) is 18.2 Å². The fourth-order valence-corrected chi connectivity index (χ4v) is 1.88. The first-order chi connectivity index (χ1) is 7.13. The van der Waals surface area contributed by atoms with Gasteiger partial charge in [0, 0.05) is 16.0 Å². The van der Waals surface area contributed by atoms with Gasteiger partial charge in [-0.15, -0.1) is 0 Å². The molecule has 0 radical (unpaired) electrons. The van der Waals surface area contributed by atoms with E-state index in [0.29, 0.717) is 26.9 Å². The van der Waals surface area contributed by atoms with E-state index in [9.17, 15) is 0 Å². The van der Waals surface area contributed by atoms with E-state index in [0.717, 1.165) is 5.39 Å². The first kappa shape index (κ1) is 10.3. The maximum Gasteiger partial charge on any atom is 0.139 e. The lowest BCUT2D eigenvalue weighted by molar-refractivity contribution is 1.40. The van der Waals surface area contributed by atoms with Crippen molar-refractivity contribution >= 4 is 45.9 Å². The summed E-state index contributed by atoms with van der Waals surface area (Å²) in [4.78, 5) is 4.20. The van der Waals surface area contributed by atoms with Crippen LogP contribution in [0.3, 0.4) is 0 Å². The van der Waals surface area contributed by atoms with Gasteiger partial charge in [0.1, 0.15) is 5.15 Å². The minimum absolute atomic E-state index is 0.345. The molecule has 0 unspecified atom stereocenters. The second-order valence-electron chi connectivity index (χ2n) is 3.10. The molecule has 2 N–H and O–H groups in total. The quantitative estimate of drug-likeness (QED) is 0.769. The lowest BCUT2D eigenvalue weighted by atomic mass is 10.1. The van der Waals surface area contributed by atoms with Crippen LogP contribution in [-0.2, 0) is 0 Å². The molecule has 0 spiro atoms. The van der Waals surface area contributed by atoms with Gasteiger partial charge in [0.25, 0.3) is 0 Å². The number of hydrogen-bond acceptors (Lipinski definition) is 2. The molecule has 0 bridgehead atoms. The summed E-state index contributed by atoms with van der Waals surface area (Å²) >= 11 is 11.8. The number of halogens is 2. The van der Waals surface area contributed by atoms with Gasteiger partial charge in [-0.05, 0) is 18.2 Å². The maximum absolute atomic E-state index is 5.96. The van der Waals surface area contributed by atoms with E-state index in [2.05, 4.69) is 11.6 Å². The van der Waals surface area contributed by atoms with Crippen molar-refractivity contribution in [2.24, 2.45) is 0 Å². The molecule has 1 heterocycles. The number of benzene rings is 1. The van der Waals surface area contributed by atoms with Gasteiger partial charge in [-0.25, -0.2) is 4.98 Å². The van der Waals surface area contributed by atoms with Crippen molar-refractivity contribution in [1.29, 1.82) is 0 Å². The third-order valence-electron chi connectivity index (χ3n) is 2.19. The molecule has 2 nitrogen and oxygen atoms in total. The molecule has 15 heavy (non-hydrogen) atoms. The van der Waals surface area contributed by atoms with Gasteiger partial charge < -0.3 is 5.73 Å². The number of nitrogen functional groups attached to an aromatic ring is 1. The van der Waals surface area contributed by atoms with Crippen molar-refractivity contribution in [2.45, 2.75) is 0 Å². The van der Waals surface area contributed by atoms with E-state index in [-0.39, 0.29) is 0 Å². The second kappa shape index (κ2) is 3.72. The molecule has 0 aliphatic heterocycles. The van der Waals surface area contributed by atoms with Gasteiger partial charge in [0.05, 0.1) is 11.2 Å². The molecule has 0 aliphatic rings. The van der Waals surface area contributed by atoms with Crippen molar-refractivity contribution in [3.05, 3.63) is 40.5 Å². The lowest BCUT2D eigenvalue weighted by Crippen LogP contribution is -1.95. The lowest BCUT2D eigenvalue weighted by Gasteiger charge is -2.07. The van der Waals surface area contributed by atoms with E-state index in [1.807, 2.05) is 6.07 Å². The molecule has 1 aromatic carbocycles. The Balaban J connectivity index is 2.90. The zero-order chi connectivity index (χ0) is 11.0. The van der Waals surface area contributed by atoms with Crippen LogP contribution in [0.5, 0.6) is 0 Å². The highest BCUT2D eigenvalue weighted by molar-refractivity contribution is 6.33. The molecular formula is C11H8Cl2N2. The molecule has 4 heteroatoms. The van der Waals surface area contributed by atoms with Gasteiger partial charge in [-0.1, -0.05) is 35.9 Å². The van der Waals surface area contributed by atoms with Crippen LogP contribution in [0.1, 0.15) is 5.56 Å². The molecule has 76 valence electrons. The van der Waals surface area contributed by atoms with E-state index < -0.39 is 0 Å². The fourth-order valence-electron chi connectivity index (χ4n) is 1.44. The first-order valence-corrected chi connectivity index (χ1v) is 5.05. The summed E-state index contributed by atoms with van der Waals surface area (Å²) in [5.41, 5.74) is 7.87. The van der Waals surface area contributed by atoms with Crippen LogP contribution in [0.2, 0.25) is 10.2 Å². The van der Waals surface area contributed by atoms with Crippen molar-refractivity contribution in [1.82, 2.24) is 4.98 Å². The van der Waals surface area contributed by atoms with E-state index in [4.69, 9.17) is 28.9 Å². The van der Waals surface area contributed by atoms with Crippen molar-refractivity contribution < 1.29 is 0 Å². The number of fused-ring (bicyclic) bond motifs is 1. The number of rotatable bonds is 1. The number of pyridine rings is 1. The predicted molar refractivity (Wildman–Crippen MR) is 66.3 cm³/mol. The summed E-state index contributed by atoms with van der Waals surface area (Å²) in [5, 5.41) is 1.78. The average Bonchev–Trinajstić information content (AvgIpc) is 2.17. The zero-order valence-electron chi connectivity index (χ0n) is 7.80. The molecule has 0 fully saturated rings. The molecule has 1 aromatic heterocycles. The van der Waals surface area contributed by atoms with Crippen LogP contribution >= 0.6 is 23.2 Å². The third-order valence-corrected chi connectivity index (χ3v) is 2.71. The molecule has 0 saturated heterocycles. The van der Waals surface area contributed by atoms with Gasteiger partial charge in [-0.2, -0.15) is 0 Å². The van der Waals surface area contributed by atoms with Crippen LogP contribution in [-0.4, -0.2) is 4.98 Å². The van der Waals surface area contributed by atoms with Gasteiger partial charge in [0.15, 0.2) is 0 Å². The Bertz CT molecular complexity index is 550. The van der Waals surface area contributed by atoms with Crippen LogP contribution in [0.15, 0.2) is 24.8 Å². The van der Waals surface area contributed by atoms with Gasteiger partial charge >= 0.3 is 0 Å². The highest BCUT2D eigenvalue weighted by Crippen LogP contribution is 2.30. The number of anilines is 1. The normalized spacial score (nSPS) is 10.5. The number of nitrogens with two attached hydrogens (primary N) is 1. The Morgan fingerprint density at radius 1 is 1.33 bits per heavy atom. The van der Waals surface area contributed by atoms with Crippen LogP contribution in [0.25, 0.3) is 17.0 Å². The zero-order valence-corrected chi connectivity index (χ0v) is 9.31. The summed E-state index contributed by atoms with van der Waals surface area (Å²) in [6.45, 7) is 3.65. The fraction of sp³-hybridized carbons (Fsp3) is 0. The SMILES string of the molecule is C=Cc1c(Cl)nc2cc(Cl)ccc2c1N. The molecule has 0 saturated carbocycles. The summed E-state index contributed by atoms with van der Waals surface area (Å²) < 4.78 is 0. The predicted octanol–water partition coefficient (Wildman–Crippen LogP) is 3.77. The van der Waals surface area contributed by atoms with Crippen LogP contribution in [0, 0.1) is 0 Å². The van der Waals surface area contributed by atoms with Crippen molar-refractivity contribution in [2.75, 3.05) is 5.73 Å². The molecule has 0 amide bonds. The Hall–Kier alpha value is -1.25. The molecular weight excluding hydrogens is 231 g/mol. The van der Waals surface area contributed by atoms with Crippen LogP contribution < -0.4 is 5.73 Å². The summed E-state index contributed by atoms with van der Waals surface area (Å²) in [6, 6.07) is 5.32. The van der Waals surface area contributed by atoms with Crippen molar-refractivity contribution in [3.63, 3.8) is 0 Å². The summed E-state index contributed by atoms with van der Waals surface area (Å²) in [7, 11) is 0. The molecule has 2 rings (SSSR count). The molecule has 2 aromatic rings. The maximum atomic E-state index is 5.96. The Morgan fingerprint density at radius 3 is 2.73 bits per heavy atom. The standard InChI is InChI=1S/C11H8Cl2N2/c1-2-7-10(14)8-4-3-6(12)5-9(8)15-11(7)13/h2-5H,1H2,(H2,14,15). The molecule has 0 atom stereocenters.